The van der Waals surface area contributed by atoms with Crippen molar-refractivity contribution in [3.63, 3.8) is 0 Å². The molecule has 5 heteroatoms. The third-order valence-electron chi connectivity index (χ3n) is 3.37. The van der Waals surface area contributed by atoms with Crippen LogP contribution in [0.5, 0.6) is 0 Å². The molecular weight excluding hydrogens is 277 g/mol. The summed E-state index contributed by atoms with van der Waals surface area (Å²) in [4.78, 5) is 0. The molecule has 0 radical (unpaired) electrons. The van der Waals surface area contributed by atoms with Gasteiger partial charge in [-0.25, -0.2) is 4.39 Å². The lowest BCUT2D eigenvalue weighted by Gasteiger charge is -2.14. The molecule has 0 saturated heterocycles. The number of aryl methyl sites for hydroxylation is 2. The van der Waals surface area contributed by atoms with Crippen LogP contribution in [0.3, 0.4) is 0 Å². The molecular formula is C15H19ClFN3. The summed E-state index contributed by atoms with van der Waals surface area (Å²) in [5.74, 6) is -0.408. The third kappa shape index (κ3) is 3.02. The van der Waals surface area contributed by atoms with Crippen LogP contribution in [0.1, 0.15) is 36.8 Å². The molecule has 0 spiro atoms. The highest BCUT2D eigenvalue weighted by molar-refractivity contribution is 6.31. The molecule has 20 heavy (non-hydrogen) atoms. The molecule has 108 valence electrons. The maximum Gasteiger partial charge on any atom is 0.142 e. The van der Waals surface area contributed by atoms with E-state index in [9.17, 15) is 4.39 Å². The van der Waals surface area contributed by atoms with Crippen LogP contribution in [0.2, 0.25) is 5.02 Å². The van der Waals surface area contributed by atoms with Gasteiger partial charge in [0.15, 0.2) is 0 Å². The molecule has 2 aromatic rings. The lowest BCUT2D eigenvalue weighted by atomic mass is 10.0. The van der Waals surface area contributed by atoms with Crippen LogP contribution in [-0.4, -0.2) is 9.78 Å². The van der Waals surface area contributed by atoms with Gasteiger partial charge in [-0.2, -0.15) is 5.10 Å². The molecule has 0 bridgehead atoms. The quantitative estimate of drug-likeness (QED) is 0.917. The monoisotopic (exact) mass is 295 g/mol. The predicted octanol–water partition coefficient (Wildman–Crippen LogP) is 3.50. The highest BCUT2D eigenvalue weighted by Gasteiger charge is 2.16. The van der Waals surface area contributed by atoms with Gasteiger partial charge in [0, 0.05) is 6.54 Å². The first-order chi connectivity index (χ1) is 9.56. The van der Waals surface area contributed by atoms with Gasteiger partial charge in [-0.15, -0.1) is 0 Å². The summed E-state index contributed by atoms with van der Waals surface area (Å²) in [6.45, 7) is 4.85. The molecule has 1 atom stereocenters. The molecule has 1 aromatic heterocycles. The predicted molar refractivity (Wildman–Crippen MR) is 79.3 cm³/mol. The highest BCUT2D eigenvalue weighted by atomic mass is 35.5. The van der Waals surface area contributed by atoms with Crippen LogP contribution in [0.25, 0.3) is 0 Å². The second kappa shape index (κ2) is 6.37. The van der Waals surface area contributed by atoms with E-state index in [-0.39, 0.29) is 11.1 Å². The van der Waals surface area contributed by atoms with Gasteiger partial charge in [-0.05, 0) is 37.5 Å². The summed E-state index contributed by atoms with van der Waals surface area (Å²) < 4.78 is 15.3. The minimum Gasteiger partial charge on any atom is -0.322 e. The van der Waals surface area contributed by atoms with Crippen molar-refractivity contribution in [1.82, 2.24) is 9.78 Å². The van der Waals surface area contributed by atoms with Gasteiger partial charge in [-0.3, -0.25) is 4.68 Å². The number of hydrogen-bond acceptors (Lipinski definition) is 2. The molecule has 1 unspecified atom stereocenters. The molecule has 2 N–H and O–H groups in total. The molecule has 0 aliphatic heterocycles. The maximum atomic E-state index is 13.4. The number of aromatic nitrogens is 2. The first-order valence-corrected chi connectivity index (χ1v) is 7.19. The van der Waals surface area contributed by atoms with Gasteiger partial charge in [0.05, 0.1) is 22.5 Å². The number of halogens is 2. The Hall–Kier alpha value is -1.39. The standard InChI is InChI=1S/C15H19ClFN3/c1-3-11-9-14(20(4-2)19-11)13(18)8-10-6-5-7-12(17)15(10)16/h5-7,9,13H,3-4,8,18H2,1-2H3. The van der Waals surface area contributed by atoms with E-state index in [4.69, 9.17) is 17.3 Å². The number of benzene rings is 1. The van der Waals surface area contributed by atoms with Crippen LogP contribution in [-0.2, 0) is 19.4 Å². The Balaban J connectivity index is 2.25. The Labute approximate surface area is 123 Å². The van der Waals surface area contributed by atoms with E-state index in [1.54, 1.807) is 12.1 Å². The fourth-order valence-corrected chi connectivity index (χ4v) is 2.46. The summed E-state index contributed by atoms with van der Waals surface area (Å²) in [7, 11) is 0. The summed E-state index contributed by atoms with van der Waals surface area (Å²) in [5.41, 5.74) is 8.95. The number of nitrogens with zero attached hydrogens (tertiary/aromatic N) is 2. The van der Waals surface area contributed by atoms with Crippen LogP contribution < -0.4 is 5.73 Å². The van der Waals surface area contributed by atoms with Crippen molar-refractivity contribution in [2.45, 2.75) is 39.3 Å². The van der Waals surface area contributed by atoms with Crippen molar-refractivity contribution >= 4 is 11.6 Å². The molecule has 3 nitrogen and oxygen atoms in total. The Bertz CT molecular complexity index is 595. The van der Waals surface area contributed by atoms with Crippen molar-refractivity contribution in [2.75, 3.05) is 0 Å². The van der Waals surface area contributed by atoms with Gasteiger partial charge in [0.2, 0.25) is 0 Å². The molecule has 0 amide bonds. The fourth-order valence-electron chi connectivity index (χ4n) is 2.26. The maximum absolute atomic E-state index is 13.4. The molecule has 0 fully saturated rings. The van der Waals surface area contributed by atoms with Crippen molar-refractivity contribution in [1.29, 1.82) is 0 Å². The highest BCUT2D eigenvalue weighted by Crippen LogP contribution is 2.25. The number of nitrogens with two attached hydrogens (primary N) is 1. The summed E-state index contributed by atoms with van der Waals surface area (Å²) in [5, 5.41) is 4.63. The van der Waals surface area contributed by atoms with Gasteiger partial charge >= 0.3 is 0 Å². The van der Waals surface area contributed by atoms with Crippen molar-refractivity contribution < 1.29 is 4.39 Å². The van der Waals surface area contributed by atoms with Crippen LogP contribution in [0.4, 0.5) is 4.39 Å². The molecule has 1 aromatic carbocycles. The van der Waals surface area contributed by atoms with E-state index in [0.717, 1.165) is 29.9 Å². The first kappa shape index (κ1) is 15.0. The molecule has 1 heterocycles. The Morgan fingerprint density at radius 1 is 1.40 bits per heavy atom. The number of hydrogen-bond donors (Lipinski definition) is 1. The molecule has 0 saturated carbocycles. The Morgan fingerprint density at radius 3 is 2.80 bits per heavy atom. The molecule has 0 aliphatic carbocycles. The Kier molecular flexibility index (Phi) is 4.78. The van der Waals surface area contributed by atoms with Crippen LogP contribution in [0.15, 0.2) is 24.3 Å². The zero-order valence-electron chi connectivity index (χ0n) is 11.7. The average molecular weight is 296 g/mol. The van der Waals surface area contributed by atoms with E-state index >= 15 is 0 Å². The minimum atomic E-state index is -0.408. The van der Waals surface area contributed by atoms with Crippen molar-refractivity contribution in [2.24, 2.45) is 5.73 Å². The van der Waals surface area contributed by atoms with Gasteiger partial charge in [0.1, 0.15) is 5.82 Å². The average Bonchev–Trinajstić information content (AvgIpc) is 2.87. The molecule has 2 rings (SSSR count). The largest absolute Gasteiger partial charge is 0.322 e. The smallest absolute Gasteiger partial charge is 0.142 e. The minimum absolute atomic E-state index is 0.154. The van der Waals surface area contributed by atoms with Crippen molar-refractivity contribution in [3.8, 4) is 0 Å². The van der Waals surface area contributed by atoms with E-state index in [1.165, 1.54) is 6.07 Å². The lowest BCUT2D eigenvalue weighted by Crippen LogP contribution is -2.18. The fraction of sp³-hybridized carbons (Fsp3) is 0.400. The zero-order chi connectivity index (χ0) is 14.7. The zero-order valence-corrected chi connectivity index (χ0v) is 12.5. The van der Waals surface area contributed by atoms with Crippen molar-refractivity contribution in [3.05, 3.63) is 52.1 Å². The SMILES string of the molecule is CCc1cc(C(N)Cc2cccc(F)c2Cl)n(CC)n1. The summed E-state index contributed by atoms with van der Waals surface area (Å²) in [6.07, 6.45) is 1.36. The van der Waals surface area contributed by atoms with E-state index in [2.05, 4.69) is 12.0 Å². The summed E-state index contributed by atoms with van der Waals surface area (Å²) in [6, 6.07) is 6.57. The topological polar surface area (TPSA) is 43.8 Å². The summed E-state index contributed by atoms with van der Waals surface area (Å²) >= 11 is 5.98. The molecule has 0 aliphatic rings. The van der Waals surface area contributed by atoms with E-state index in [0.29, 0.717) is 6.42 Å². The van der Waals surface area contributed by atoms with Gasteiger partial charge in [0.25, 0.3) is 0 Å². The van der Waals surface area contributed by atoms with Gasteiger partial charge in [-0.1, -0.05) is 30.7 Å². The Morgan fingerprint density at radius 2 is 2.15 bits per heavy atom. The third-order valence-corrected chi connectivity index (χ3v) is 3.80. The van der Waals surface area contributed by atoms with Crippen LogP contribution in [0, 0.1) is 5.82 Å². The number of rotatable bonds is 5. The van der Waals surface area contributed by atoms with E-state index in [1.807, 2.05) is 17.7 Å². The van der Waals surface area contributed by atoms with E-state index < -0.39 is 5.82 Å². The lowest BCUT2D eigenvalue weighted by molar-refractivity contribution is 0.563. The van der Waals surface area contributed by atoms with Crippen LogP contribution >= 0.6 is 11.6 Å². The first-order valence-electron chi connectivity index (χ1n) is 6.81. The second-order valence-corrected chi connectivity index (χ2v) is 5.13. The second-order valence-electron chi connectivity index (χ2n) is 4.75. The van der Waals surface area contributed by atoms with Gasteiger partial charge < -0.3 is 5.73 Å². The normalized spacial score (nSPS) is 12.7.